The Morgan fingerprint density at radius 1 is 0.783 bits per heavy atom. The summed E-state index contributed by atoms with van der Waals surface area (Å²) in [4.78, 5) is 0.573. The quantitative estimate of drug-likeness (QED) is 0.230. The zero-order valence-corrected chi connectivity index (χ0v) is 12.1. The molecule has 0 aromatic carbocycles. The van der Waals surface area contributed by atoms with Crippen LogP contribution in [0.1, 0.15) is 0 Å². The number of rotatable bonds is 12. The first kappa shape index (κ1) is 22.2. The van der Waals surface area contributed by atoms with Crippen molar-refractivity contribution in [1.82, 2.24) is 10.2 Å². The number of halogens is 8. The van der Waals surface area contributed by atoms with Gasteiger partial charge in [0.05, 0.1) is 31.8 Å². The van der Waals surface area contributed by atoms with Gasteiger partial charge in [-0.3, -0.25) is 4.90 Å². The number of nitrogens with zero attached hydrogens (tertiary/aromatic N) is 2. The molecule has 0 rings (SSSR count). The smallest absolute Gasteiger partial charge is 0.377 e. The van der Waals surface area contributed by atoms with Crippen LogP contribution in [0.15, 0.2) is 0 Å². The topological polar surface area (TPSA) is 34.2 Å². The summed E-state index contributed by atoms with van der Waals surface area (Å²) in [7, 11) is 2.12. The van der Waals surface area contributed by atoms with E-state index in [0.29, 0.717) is 4.90 Å². The summed E-state index contributed by atoms with van der Waals surface area (Å²) in [6.45, 7) is -2.93. The van der Waals surface area contributed by atoms with E-state index in [4.69, 9.17) is 0 Å². The van der Waals surface area contributed by atoms with Crippen molar-refractivity contribution in [3.8, 4) is 0 Å². The highest BCUT2D eigenvalue weighted by atomic mass is 19.4. The average Bonchev–Trinajstić information content (AvgIpc) is 2.43. The molecule has 2 unspecified atom stereocenters. The number of ether oxygens (including phenoxy) is 3. The molecule has 0 aromatic rings. The molecule has 0 saturated heterocycles. The second kappa shape index (κ2) is 9.52. The van der Waals surface area contributed by atoms with Gasteiger partial charge in [0.15, 0.2) is 0 Å². The Hall–Kier alpha value is -0.760. The first-order chi connectivity index (χ1) is 10.4. The van der Waals surface area contributed by atoms with Crippen molar-refractivity contribution in [2.45, 2.75) is 24.8 Å². The fourth-order valence-electron chi connectivity index (χ4n) is 1.13. The standard InChI is InChI=1S/C10H16F8N2O3/c1-19(2)7(11)9(13,14)22-5-3-21-4-6-23-10(15,16)8(12)20(17)18/h7-8H,3-6H2,1-2H3. The highest BCUT2D eigenvalue weighted by Crippen LogP contribution is 2.26. The van der Waals surface area contributed by atoms with Crippen LogP contribution in [-0.4, -0.2) is 75.6 Å². The molecular weight excluding hydrogens is 348 g/mol. The van der Waals surface area contributed by atoms with Crippen LogP contribution < -0.4 is 0 Å². The highest BCUT2D eigenvalue weighted by molar-refractivity contribution is 4.64. The van der Waals surface area contributed by atoms with Gasteiger partial charge in [-0.2, -0.15) is 17.6 Å². The fourth-order valence-corrected chi connectivity index (χ4v) is 1.13. The number of hydrogen-bond donors (Lipinski definition) is 0. The number of alkyl halides is 6. The Labute approximate surface area is 126 Å². The zero-order chi connectivity index (χ0) is 18.3. The zero-order valence-electron chi connectivity index (χ0n) is 12.1. The molecule has 2 atom stereocenters. The van der Waals surface area contributed by atoms with E-state index in [1.165, 1.54) is 0 Å². The summed E-state index contributed by atoms with van der Waals surface area (Å²) in [5, 5.41) is -2.37. The monoisotopic (exact) mass is 364 g/mol. The van der Waals surface area contributed by atoms with Crippen LogP contribution >= 0.6 is 0 Å². The second-order valence-corrected chi connectivity index (χ2v) is 4.33. The van der Waals surface area contributed by atoms with Crippen molar-refractivity contribution in [2.24, 2.45) is 0 Å². The maximum Gasteiger partial charge on any atom is 0.405 e. The van der Waals surface area contributed by atoms with E-state index in [2.05, 4.69) is 14.2 Å². The Morgan fingerprint density at radius 2 is 1.17 bits per heavy atom. The Kier molecular flexibility index (Phi) is 9.20. The maximum absolute atomic E-state index is 13.0. The van der Waals surface area contributed by atoms with Crippen molar-refractivity contribution in [3.63, 3.8) is 0 Å². The predicted molar refractivity (Wildman–Crippen MR) is 60.2 cm³/mol. The lowest BCUT2D eigenvalue weighted by molar-refractivity contribution is -0.364. The molecule has 0 aliphatic heterocycles. The van der Waals surface area contributed by atoms with E-state index in [-0.39, 0.29) is 0 Å². The molecule has 0 amide bonds. The van der Waals surface area contributed by atoms with Gasteiger partial charge in [-0.1, -0.05) is 8.96 Å². The predicted octanol–water partition coefficient (Wildman–Crippen LogP) is 2.45. The van der Waals surface area contributed by atoms with Gasteiger partial charge in [0.25, 0.3) is 0 Å². The molecule has 0 aliphatic carbocycles. The van der Waals surface area contributed by atoms with Gasteiger partial charge in [0, 0.05) is 0 Å². The molecule has 0 bridgehead atoms. The van der Waals surface area contributed by atoms with Gasteiger partial charge >= 0.3 is 18.5 Å². The van der Waals surface area contributed by atoms with Crippen LogP contribution in [0.3, 0.4) is 0 Å². The number of hydrogen-bond acceptors (Lipinski definition) is 5. The molecule has 140 valence electrons. The largest absolute Gasteiger partial charge is 0.405 e. The van der Waals surface area contributed by atoms with Crippen molar-refractivity contribution in [2.75, 3.05) is 40.5 Å². The lowest BCUT2D eigenvalue weighted by Crippen LogP contribution is -2.43. The molecule has 0 heterocycles. The molecular formula is C10H16F8N2O3. The Morgan fingerprint density at radius 3 is 1.52 bits per heavy atom. The minimum Gasteiger partial charge on any atom is -0.377 e. The van der Waals surface area contributed by atoms with Crippen LogP contribution in [0.2, 0.25) is 0 Å². The van der Waals surface area contributed by atoms with Crippen LogP contribution in [-0.2, 0) is 14.2 Å². The highest BCUT2D eigenvalue weighted by Gasteiger charge is 2.47. The van der Waals surface area contributed by atoms with E-state index < -0.39 is 56.6 Å². The molecule has 0 spiro atoms. The first-order valence-electron chi connectivity index (χ1n) is 6.08. The van der Waals surface area contributed by atoms with Crippen LogP contribution in [0.5, 0.6) is 0 Å². The molecule has 23 heavy (non-hydrogen) atoms. The lowest BCUT2D eigenvalue weighted by Gasteiger charge is -2.25. The molecule has 0 saturated carbocycles. The third kappa shape index (κ3) is 8.06. The van der Waals surface area contributed by atoms with Crippen molar-refractivity contribution in [1.29, 1.82) is 0 Å². The van der Waals surface area contributed by atoms with Gasteiger partial charge in [0.2, 0.25) is 6.30 Å². The number of likely N-dealkylation sites (N-methyl/N-ethyl adjacent to an activating group) is 1. The van der Waals surface area contributed by atoms with E-state index in [9.17, 15) is 35.3 Å². The molecule has 0 fully saturated rings. The van der Waals surface area contributed by atoms with E-state index in [0.717, 1.165) is 14.1 Å². The third-order valence-electron chi connectivity index (χ3n) is 2.22. The van der Waals surface area contributed by atoms with Gasteiger partial charge in [-0.15, -0.1) is 0 Å². The van der Waals surface area contributed by atoms with Gasteiger partial charge in [-0.05, 0) is 14.1 Å². The van der Waals surface area contributed by atoms with Crippen molar-refractivity contribution < 1.29 is 49.5 Å². The van der Waals surface area contributed by atoms with E-state index >= 15 is 0 Å². The summed E-state index contributed by atoms with van der Waals surface area (Å²) in [6.07, 6.45) is -15.5. The maximum atomic E-state index is 13.0. The van der Waals surface area contributed by atoms with E-state index in [1.807, 2.05) is 0 Å². The Balaban J connectivity index is 3.87. The van der Waals surface area contributed by atoms with Gasteiger partial charge in [-0.25, -0.2) is 8.78 Å². The molecule has 5 nitrogen and oxygen atoms in total. The molecule has 0 radical (unpaired) electrons. The summed E-state index contributed by atoms with van der Waals surface area (Å²) in [6, 6.07) is 0. The minimum atomic E-state index is -4.77. The SMILES string of the molecule is CN(C)C(F)C(F)(F)OCCOCCOC(F)(F)C(F)N(F)F. The van der Waals surface area contributed by atoms with Crippen molar-refractivity contribution >= 4 is 0 Å². The second-order valence-electron chi connectivity index (χ2n) is 4.33. The van der Waals surface area contributed by atoms with Crippen molar-refractivity contribution in [3.05, 3.63) is 0 Å². The molecule has 13 heteroatoms. The summed E-state index contributed by atoms with van der Waals surface area (Å²) in [5.41, 5.74) is 0. The third-order valence-corrected chi connectivity index (χ3v) is 2.22. The fraction of sp³-hybridized carbons (Fsp3) is 1.00. The lowest BCUT2D eigenvalue weighted by atomic mass is 10.5. The average molecular weight is 364 g/mol. The normalized spacial score (nSPS) is 16.2. The minimum absolute atomic E-state index is 0.540. The van der Waals surface area contributed by atoms with Crippen LogP contribution in [0.25, 0.3) is 0 Å². The van der Waals surface area contributed by atoms with Gasteiger partial charge in [0.1, 0.15) is 0 Å². The summed E-state index contributed by atoms with van der Waals surface area (Å²) in [5.74, 6) is 0. The van der Waals surface area contributed by atoms with Crippen LogP contribution in [0, 0.1) is 0 Å². The summed E-state index contributed by atoms with van der Waals surface area (Å²) >= 11 is 0. The first-order valence-corrected chi connectivity index (χ1v) is 6.08. The molecule has 0 aliphatic rings. The molecule has 0 N–H and O–H groups in total. The van der Waals surface area contributed by atoms with Gasteiger partial charge < -0.3 is 14.2 Å². The van der Waals surface area contributed by atoms with E-state index in [1.54, 1.807) is 0 Å². The van der Waals surface area contributed by atoms with Crippen LogP contribution in [0.4, 0.5) is 35.3 Å². The molecule has 0 aromatic heterocycles. The Bertz CT molecular complexity index is 305. The summed E-state index contributed by atoms with van der Waals surface area (Å²) < 4.78 is 112.